The highest BCUT2D eigenvalue weighted by Crippen LogP contribution is 2.28. The summed E-state index contributed by atoms with van der Waals surface area (Å²) in [5.41, 5.74) is 1.96. The lowest BCUT2D eigenvalue weighted by Crippen LogP contribution is -2.12. The summed E-state index contributed by atoms with van der Waals surface area (Å²) >= 11 is 3.48. The van der Waals surface area contributed by atoms with Crippen LogP contribution in [0.4, 0.5) is 5.69 Å². The van der Waals surface area contributed by atoms with E-state index in [0.29, 0.717) is 6.42 Å². The number of hydrogen-bond donors (Lipinski definition) is 1. The lowest BCUT2D eigenvalue weighted by atomic mass is 10.1. The van der Waals surface area contributed by atoms with E-state index in [1.807, 2.05) is 48.5 Å². The van der Waals surface area contributed by atoms with Crippen LogP contribution in [0.1, 0.15) is 12.0 Å². The van der Waals surface area contributed by atoms with Crippen LogP contribution >= 0.6 is 15.9 Å². The van der Waals surface area contributed by atoms with Crippen LogP contribution < -0.4 is 5.32 Å². The van der Waals surface area contributed by atoms with Gasteiger partial charge in [-0.05, 0) is 34.0 Å². The molecule has 0 unspecified atom stereocenters. The molecule has 3 nitrogen and oxygen atoms in total. The van der Waals surface area contributed by atoms with Crippen LogP contribution in [0.5, 0.6) is 0 Å². The van der Waals surface area contributed by atoms with Crippen molar-refractivity contribution in [2.45, 2.75) is 12.8 Å². The highest BCUT2D eigenvalue weighted by atomic mass is 79.9. The van der Waals surface area contributed by atoms with Gasteiger partial charge in [-0.25, -0.2) is 0 Å². The van der Waals surface area contributed by atoms with Gasteiger partial charge in [0.05, 0.1) is 5.69 Å². The van der Waals surface area contributed by atoms with E-state index in [9.17, 15) is 4.79 Å². The Balaban J connectivity index is 1.73. The maximum absolute atomic E-state index is 12.2. The van der Waals surface area contributed by atoms with Crippen molar-refractivity contribution in [3.63, 3.8) is 0 Å². The molecular weight excluding hydrogens is 340 g/mol. The Kier molecular flexibility index (Phi) is 4.49. The van der Waals surface area contributed by atoms with E-state index in [4.69, 9.17) is 0 Å². The molecule has 3 aromatic rings. The Labute approximate surface area is 137 Å². The molecule has 4 heteroatoms. The Morgan fingerprint density at radius 2 is 1.82 bits per heavy atom. The molecule has 1 amide bonds. The molecule has 1 heterocycles. The zero-order valence-electron chi connectivity index (χ0n) is 11.9. The van der Waals surface area contributed by atoms with Gasteiger partial charge in [0.15, 0.2) is 0 Å². The van der Waals surface area contributed by atoms with Gasteiger partial charge < -0.3 is 5.32 Å². The standard InChI is InChI=1S/C18H15BrN2O/c19-16-12-20-11-15-14(16)7-4-8-17(15)21-18(22)10-9-13-5-2-1-3-6-13/h1-8,11-12H,9-10H2,(H,21,22). The summed E-state index contributed by atoms with van der Waals surface area (Å²) < 4.78 is 0.922. The van der Waals surface area contributed by atoms with Gasteiger partial charge in [0.25, 0.3) is 0 Å². The van der Waals surface area contributed by atoms with Crippen molar-refractivity contribution < 1.29 is 4.79 Å². The molecule has 22 heavy (non-hydrogen) atoms. The summed E-state index contributed by atoms with van der Waals surface area (Å²) in [4.78, 5) is 16.3. The van der Waals surface area contributed by atoms with E-state index in [0.717, 1.165) is 27.4 Å². The number of rotatable bonds is 4. The van der Waals surface area contributed by atoms with Gasteiger partial charge >= 0.3 is 0 Å². The number of halogens is 1. The molecule has 0 atom stereocenters. The molecule has 110 valence electrons. The Morgan fingerprint density at radius 1 is 1.00 bits per heavy atom. The first-order chi connectivity index (χ1) is 10.7. The number of aromatic nitrogens is 1. The monoisotopic (exact) mass is 354 g/mol. The second kappa shape index (κ2) is 6.71. The second-order valence-electron chi connectivity index (χ2n) is 5.06. The first-order valence-corrected chi connectivity index (χ1v) is 7.89. The maximum Gasteiger partial charge on any atom is 0.224 e. The smallest absolute Gasteiger partial charge is 0.224 e. The number of benzene rings is 2. The molecule has 0 aliphatic carbocycles. The quantitative estimate of drug-likeness (QED) is 0.745. The van der Waals surface area contributed by atoms with Crippen LogP contribution in [0.25, 0.3) is 10.8 Å². The van der Waals surface area contributed by atoms with Gasteiger partial charge in [0.1, 0.15) is 0 Å². The fraction of sp³-hybridized carbons (Fsp3) is 0.111. The van der Waals surface area contributed by atoms with Crippen molar-refractivity contribution in [2.75, 3.05) is 5.32 Å². The van der Waals surface area contributed by atoms with Gasteiger partial charge in [-0.2, -0.15) is 0 Å². The van der Waals surface area contributed by atoms with Crippen LogP contribution in [0.3, 0.4) is 0 Å². The topological polar surface area (TPSA) is 42.0 Å². The van der Waals surface area contributed by atoms with Crippen LogP contribution in [0.2, 0.25) is 0 Å². The minimum absolute atomic E-state index is 0.0105. The molecular formula is C18H15BrN2O. The molecule has 0 fully saturated rings. The van der Waals surface area contributed by atoms with Crippen molar-refractivity contribution in [1.82, 2.24) is 4.98 Å². The first kappa shape index (κ1) is 14.7. The van der Waals surface area contributed by atoms with Crippen molar-refractivity contribution in [3.8, 4) is 0 Å². The zero-order valence-corrected chi connectivity index (χ0v) is 13.5. The summed E-state index contributed by atoms with van der Waals surface area (Å²) in [6, 6.07) is 15.8. The minimum atomic E-state index is 0.0105. The summed E-state index contributed by atoms with van der Waals surface area (Å²) in [6.07, 6.45) is 4.72. The fourth-order valence-electron chi connectivity index (χ4n) is 2.38. The molecule has 0 saturated carbocycles. The number of carbonyl (C=O) groups excluding carboxylic acids is 1. The molecule has 0 aliphatic rings. The molecule has 0 aliphatic heterocycles. The predicted octanol–water partition coefficient (Wildman–Crippen LogP) is 4.57. The first-order valence-electron chi connectivity index (χ1n) is 7.10. The van der Waals surface area contributed by atoms with Gasteiger partial charge in [-0.15, -0.1) is 0 Å². The predicted molar refractivity (Wildman–Crippen MR) is 92.8 cm³/mol. The lowest BCUT2D eigenvalue weighted by Gasteiger charge is -2.09. The summed E-state index contributed by atoms with van der Waals surface area (Å²) in [5, 5.41) is 4.96. The normalized spacial score (nSPS) is 10.6. The van der Waals surface area contributed by atoms with E-state index in [2.05, 4.69) is 26.2 Å². The molecule has 0 bridgehead atoms. The van der Waals surface area contributed by atoms with Crippen LogP contribution in [-0.2, 0) is 11.2 Å². The lowest BCUT2D eigenvalue weighted by molar-refractivity contribution is -0.116. The number of fused-ring (bicyclic) bond motifs is 1. The second-order valence-corrected chi connectivity index (χ2v) is 5.91. The van der Waals surface area contributed by atoms with Gasteiger partial charge in [-0.1, -0.05) is 42.5 Å². The minimum Gasteiger partial charge on any atom is -0.325 e. The number of aryl methyl sites for hydroxylation is 1. The van der Waals surface area contributed by atoms with Crippen molar-refractivity contribution in [2.24, 2.45) is 0 Å². The van der Waals surface area contributed by atoms with Gasteiger partial charge in [-0.3, -0.25) is 9.78 Å². The molecule has 1 aromatic heterocycles. The highest BCUT2D eigenvalue weighted by molar-refractivity contribution is 9.10. The maximum atomic E-state index is 12.2. The molecule has 0 spiro atoms. The SMILES string of the molecule is O=C(CCc1ccccc1)Nc1cccc2c(Br)cncc12. The van der Waals surface area contributed by atoms with E-state index < -0.39 is 0 Å². The number of carbonyl (C=O) groups is 1. The number of amides is 1. The number of nitrogens with one attached hydrogen (secondary N) is 1. The third-order valence-electron chi connectivity index (χ3n) is 3.51. The van der Waals surface area contributed by atoms with Gasteiger partial charge in [0.2, 0.25) is 5.91 Å². The van der Waals surface area contributed by atoms with E-state index in [1.165, 1.54) is 5.56 Å². The summed E-state index contributed by atoms with van der Waals surface area (Å²) in [7, 11) is 0. The largest absolute Gasteiger partial charge is 0.325 e. The van der Waals surface area contributed by atoms with Gasteiger partial charge in [0, 0.05) is 34.1 Å². The Hall–Kier alpha value is -2.20. The Morgan fingerprint density at radius 3 is 2.64 bits per heavy atom. The van der Waals surface area contributed by atoms with Crippen LogP contribution in [0.15, 0.2) is 65.4 Å². The van der Waals surface area contributed by atoms with Crippen molar-refractivity contribution >= 4 is 38.3 Å². The summed E-state index contributed by atoms with van der Waals surface area (Å²) in [6.45, 7) is 0. The average molecular weight is 355 g/mol. The van der Waals surface area contributed by atoms with E-state index >= 15 is 0 Å². The number of nitrogens with zero attached hydrogens (tertiary/aromatic N) is 1. The Bertz CT molecular complexity index is 803. The van der Waals surface area contributed by atoms with Crippen molar-refractivity contribution in [3.05, 3.63) is 71.0 Å². The molecule has 2 aromatic carbocycles. The molecule has 1 N–H and O–H groups in total. The van der Waals surface area contributed by atoms with E-state index in [1.54, 1.807) is 12.4 Å². The van der Waals surface area contributed by atoms with Crippen LogP contribution in [0, 0.1) is 0 Å². The fourth-order valence-corrected chi connectivity index (χ4v) is 2.85. The highest BCUT2D eigenvalue weighted by Gasteiger charge is 2.08. The third kappa shape index (κ3) is 3.34. The number of hydrogen-bond acceptors (Lipinski definition) is 2. The zero-order chi connectivity index (χ0) is 15.4. The van der Waals surface area contributed by atoms with Crippen LogP contribution in [-0.4, -0.2) is 10.9 Å². The number of anilines is 1. The summed E-state index contributed by atoms with van der Waals surface area (Å²) in [5.74, 6) is 0.0105. The molecule has 3 rings (SSSR count). The number of pyridine rings is 1. The molecule has 0 saturated heterocycles. The van der Waals surface area contributed by atoms with Crippen molar-refractivity contribution in [1.29, 1.82) is 0 Å². The molecule has 0 radical (unpaired) electrons. The third-order valence-corrected chi connectivity index (χ3v) is 4.14. The van der Waals surface area contributed by atoms with E-state index in [-0.39, 0.29) is 5.91 Å². The average Bonchev–Trinajstić information content (AvgIpc) is 2.55.